The summed E-state index contributed by atoms with van der Waals surface area (Å²) >= 11 is 1.99. The van der Waals surface area contributed by atoms with Gasteiger partial charge in [0.25, 0.3) is 0 Å². The predicted molar refractivity (Wildman–Crippen MR) is 75.1 cm³/mol. The average molecular weight is 364 g/mol. The monoisotopic (exact) mass is 364 g/mol. The van der Waals surface area contributed by atoms with Gasteiger partial charge in [0, 0.05) is 15.5 Å². The van der Waals surface area contributed by atoms with Crippen LogP contribution < -0.4 is 11.1 Å². The van der Waals surface area contributed by atoms with Crippen molar-refractivity contribution in [3.63, 3.8) is 0 Å². The minimum absolute atomic E-state index is 0.129. The molecule has 0 aromatic heterocycles. The van der Waals surface area contributed by atoms with Crippen LogP contribution in [0.4, 0.5) is 14.9 Å². The Balaban J connectivity index is 2.18. The Morgan fingerprint density at radius 1 is 1.67 bits per heavy atom. The van der Waals surface area contributed by atoms with Gasteiger partial charge in [0.05, 0.1) is 12.3 Å². The third-order valence-electron chi connectivity index (χ3n) is 2.83. The largest absolute Gasteiger partial charge is 0.450 e. The number of carbonyl (C=O) groups excluding carboxylic acids is 1. The highest BCUT2D eigenvalue weighted by Crippen LogP contribution is 2.41. The second-order valence-corrected chi connectivity index (χ2v) is 5.37. The number of ether oxygens (including phenoxy) is 1. The molecule has 98 valence electrons. The van der Waals surface area contributed by atoms with E-state index < -0.39 is 11.9 Å². The number of rotatable bonds is 3. The summed E-state index contributed by atoms with van der Waals surface area (Å²) in [6.07, 6.45) is 0.241. The van der Waals surface area contributed by atoms with Gasteiger partial charge >= 0.3 is 6.09 Å². The highest BCUT2D eigenvalue weighted by atomic mass is 127. The van der Waals surface area contributed by atoms with Crippen molar-refractivity contribution in [3.8, 4) is 0 Å². The van der Waals surface area contributed by atoms with E-state index in [9.17, 15) is 9.18 Å². The maximum Gasteiger partial charge on any atom is 0.411 e. The minimum Gasteiger partial charge on any atom is -0.450 e. The molecule has 0 radical (unpaired) electrons. The Bertz CT molecular complexity index is 458. The summed E-state index contributed by atoms with van der Waals surface area (Å²) in [5.41, 5.74) is 6.79. The lowest BCUT2D eigenvalue weighted by Crippen LogP contribution is -2.15. The number of halogens is 2. The van der Waals surface area contributed by atoms with Crippen molar-refractivity contribution in [1.29, 1.82) is 0 Å². The molecular weight excluding hydrogens is 350 g/mol. The molecule has 1 fully saturated rings. The minimum atomic E-state index is -0.648. The van der Waals surface area contributed by atoms with Gasteiger partial charge in [-0.15, -0.1) is 0 Å². The molecule has 1 aliphatic rings. The molecule has 1 aliphatic carbocycles. The molecule has 0 aliphatic heterocycles. The fourth-order valence-corrected chi connectivity index (χ4v) is 2.55. The third-order valence-corrected chi connectivity index (χ3v) is 3.69. The van der Waals surface area contributed by atoms with Gasteiger partial charge in [0.15, 0.2) is 0 Å². The summed E-state index contributed by atoms with van der Waals surface area (Å²) in [5.74, 6) is -0.214. The molecule has 1 aromatic carbocycles. The van der Waals surface area contributed by atoms with E-state index in [2.05, 4.69) is 5.32 Å². The van der Waals surface area contributed by atoms with Gasteiger partial charge in [-0.05, 0) is 53.6 Å². The molecule has 18 heavy (non-hydrogen) atoms. The van der Waals surface area contributed by atoms with Crippen molar-refractivity contribution in [1.82, 2.24) is 0 Å². The Labute approximate surface area is 118 Å². The first kappa shape index (κ1) is 13.5. The molecule has 2 unspecified atom stereocenters. The molecule has 2 atom stereocenters. The maximum absolute atomic E-state index is 13.9. The lowest BCUT2D eigenvalue weighted by molar-refractivity contribution is 0.167. The summed E-state index contributed by atoms with van der Waals surface area (Å²) < 4.78 is 19.3. The van der Waals surface area contributed by atoms with Crippen LogP contribution in [-0.4, -0.2) is 18.7 Å². The normalized spacial score (nSPS) is 21.6. The molecule has 0 bridgehead atoms. The summed E-state index contributed by atoms with van der Waals surface area (Å²) in [7, 11) is 0. The Morgan fingerprint density at radius 2 is 2.33 bits per heavy atom. The first-order valence-corrected chi connectivity index (χ1v) is 6.79. The number of anilines is 1. The SMILES string of the molecule is CCOC(=O)Nc1c(F)cc(C2CC2N)cc1I. The zero-order valence-corrected chi connectivity index (χ0v) is 12.0. The van der Waals surface area contributed by atoms with Crippen molar-refractivity contribution in [2.45, 2.75) is 25.3 Å². The maximum atomic E-state index is 13.9. The van der Waals surface area contributed by atoms with E-state index in [4.69, 9.17) is 10.5 Å². The number of nitrogens with two attached hydrogens (primary N) is 1. The predicted octanol–water partition coefficient (Wildman–Crippen LogP) is 2.81. The van der Waals surface area contributed by atoms with Crippen molar-refractivity contribution >= 4 is 34.4 Å². The second kappa shape index (κ2) is 5.40. The van der Waals surface area contributed by atoms with E-state index in [1.165, 1.54) is 6.07 Å². The van der Waals surface area contributed by atoms with Crippen molar-refractivity contribution in [2.24, 2.45) is 5.73 Å². The first-order chi connectivity index (χ1) is 8.52. The number of hydrogen-bond acceptors (Lipinski definition) is 3. The molecule has 3 N–H and O–H groups in total. The summed E-state index contributed by atoms with van der Waals surface area (Å²) in [4.78, 5) is 11.3. The van der Waals surface area contributed by atoms with Crippen LogP contribution in [0.1, 0.15) is 24.8 Å². The molecule has 1 saturated carbocycles. The van der Waals surface area contributed by atoms with Gasteiger partial charge in [-0.3, -0.25) is 5.32 Å². The van der Waals surface area contributed by atoms with Crippen LogP contribution in [0.25, 0.3) is 0 Å². The van der Waals surface area contributed by atoms with Crippen LogP contribution in [-0.2, 0) is 4.74 Å². The number of nitrogens with one attached hydrogen (secondary N) is 1. The summed E-state index contributed by atoms with van der Waals surface area (Å²) in [6, 6.07) is 3.41. The summed E-state index contributed by atoms with van der Waals surface area (Å²) in [6.45, 7) is 1.94. The van der Waals surface area contributed by atoms with Gasteiger partial charge < -0.3 is 10.5 Å². The van der Waals surface area contributed by atoms with E-state index in [-0.39, 0.29) is 24.3 Å². The second-order valence-electron chi connectivity index (χ2n) is 4.21. The van der Waals surface area contributed by atoms with Crippen LogP contribution in [0.15, 0.2) is 12.1 Å². The number of benzene rings is 1. The zero-order chi connectivity index (χ0) is 13.3. The smallest absolute Gasteiger partial charge is 0.411 e. The van der Waals surface area contributed by atoms with Gasteiger partial charge in [0.2, 0.25) is 0 Å². The Hall–Kier alpha value is -0.890. The lowest BCUT2D eigenvalue weighted by atomic mass is 10.1. The average Bonchev–Trinajstić information content (AvgIpc) is 3.01. The molecule has 0 saturated heterocycles. The number of carbonyl (C=O) groups is 1. The highest BCUT2D eigenvalue weighted by molar-refractivity contribution is 14.1. The zero-order valence-electron chi connectivity index (χ0n) is 9.87. The van der Waals surface area contributed by atoms with Crippen LogP contribution in [0.3, 0.4) is 0 Å². The van der Waals surface area contributed by atoms with E-state index in [1.54, 1.807) is 6.92 Å². The van der Waals surface area contributed by atoms with Gasteiger partial charge in [-0.2, -0.15) is 0 Å². The number of hydrogen-bond donors (Lipinski definition) is 2. The molecule has 4 nitrogen and oxygen atoms in total. The van der Waals surface area contributed by atoms with Crippen molar-refractivity contribution in [3.05, 3.63) is 27.1 Å². The Kier molecular flexibility index (Phi) is 4.06. The quantitative estimate of drug-likeness (QED) is 0.811. The standard InChI is InChI=1S/C12H14FIN2O2/c1-2-18-12(17)16-11-8(13)3-6(4-9(11)14)7-5-10(7)15/h3-4,7,10H,2,5,15H2,1H3,(H,16,17). The van der Waals surface area contributed by atoms with Crippen LogP contribution in [0.2, 0.25) is 0 Å². The fourth-order valence-electron chi connectivity index (χ4n) is 1.79. The third kappa shape index (κ3) is 2.92. The van der Waals surface area contributed by atoms with E-state index in [1.807, 2.05) is 28.7 Å². The Morgan fingerprint density at radius 3 is 2.83 bits per heavy atom. The molecule has 2 rings (SSSR count). The van der Waals surface area contributed by atoms with E-state index >= 15 is 0 Å². The number of amides is 1. The van der Waals surface area contributed by atoms with Gasteiger partial charge in [0.1, 0.15) is 5.82 Å². The molecule has 0 spiro atoms. The van der Waals surface area contributed by atoms with Crippen LogP contribution >= 0.6 is 22.6 Å². The molecule has 1 aromatic rings. The van der Waals surface area contributed by atoms with Gasteiger partial charge in [-0.25, -0.2) is 9.18 Å². The molecule has 1 amide bonds. The van der Waals surface area contributed by atoms with E-state index in [0.717, 1.165) is 12.0 Å². The van der Waals surface area contributed by atoms with Gasteiger partial charge in [-0.1, -0.05) is 0 Å². The van der Waals surface area contributed by atoms with Crippen LogP contribution in [0.5, 0.6) is 0 Å². The topological polar surface area (TPSA) is 64.3 Å². The fraction of sp³-hybridized carbons (Fsp3) is 0.417. The summed E-state index contributed by atoms with van der Waals surface area (Å²) in [5, 5.41) is 2.40. The lowest BCUT2D eigenvalue weighted by Gasteiger charge is -2.10. The van der Waals surface area contributed by atoms with Crippen LogP contribution in [0, 0.1) is 9.39 Å². The van der Waals surface area contributed by atoms with Crippen molar-refractivity contribution < 1.29 is 13.9 Å². The molecular formula is C12H14FIN2O2. The highest BCUT2D eigenvalue weighted by Gasteiger charge is 2.35. The van der Waals surface area contributed by atoms with E-state index in [0.29, 0.717) is 3.57 Å². The molecule has 0 heterocycles. The molecule has 6 heteroatoms. The first-order valence-electron chi connectivity index (χ1n) is 5.71. The van der Waals surface area contributed by atoms with Crippen molar-refractivity contribution in [2.75, 3.05) is 11.9 Å².